The summed E-state index contributed by atoms with van der Waals surface area (Å²) in [5, 5.41) is 0. The van der Waals surface area contributed by atoms with Crippen LogP contribution in [0.15, 0.2) is 16.8 Å². The monoisotopic (exact) mass is 218 g/mol. The van der Waals surface area contributed by atoms with Crippen molar-refractivity contribution in [3.63, 3.8) is 0 Å². The van der Waals surface area contributed by atoms with Crippen LogP contribution in [0.3, 0.4) is 0 Å². The Labute approximate surface area is 92.7 Å². The summed E-state index contributed by atoms with van der Waals surface area (Å²) in [6.07, 6.45) is 3.30. The first-order valence-electron chi connectivity index (χ1n) is 4.49. The van der Waals surface area contributed by atoms with Gasteiger partial charge in [0.05, 0.1) is 16.7 Å². The second-order valence-electron chi connectivity index (χ2n) is 3.36. The summed E-state index contributed by atoms with van der Waals surface area (Å²) in [4.78, 5) is 8.53. The molecule has 5 heteroatoms. The maximum Gasteiger partial charge on any atom is 0.105 e. The summed E-state index contributed by atoms with van der Waals surface area (Å²) >= 11 is 4.71. The van der Waals surface area contributed by atoms with Gasteiger partial charge in [0.25, 0.3) is 0 Å². The van der Waals surface area contributed by atoms with Gasteiger partial charge >= 0.3 is 0 Å². The zero-order valence-corrected chi connectivity index (χ0v) is 9.30. The SMILES string of the molecule is Cc1c(N)c(N=S)c(C)c2nccnc12. The number of aryl methyl sites for hydroxylation is 2. The molecule has 76 valence electrons. The van der Waals surface area contributed by atoms with Gasteiger partial charge in [0.15, 0.2) is 0 Å². The van der Waals surface area contributed by atoms with Gasteiger partial charge in [-0.05, 0) is 13.8 Å². The lowest BCUT2D eigenvalue weighted by molar-refractivity contribution is 1.25. The van der Waals surface area contributed by atoms with Gasteiger partial charge in [-0.15, -0.1) is 0 Å². The molecule has 0 spiro atoms. The molecule has 0 unspecified atom stereocenters. The number of fused-ring (bicyclic) bond motifs is 1. The molecule has 15 heavy (non-hydrogen) atoms. The smallest absolute Gasteiger partial charge is 0.105 e. The Morgan fingerprint density at radius 1 is 1.13 bits per heavy atom. The highest BCUT2D eigenvalue weighted by molar-refractivity contribution is 7.47. The van der Waals surface area contributed by atoms with Gasteiger partial charge < -0.3 is 5.73 Å². The Bertz CT molecular complexity index is 551. The molecule has 0 aliphatic carbocycles. The number of anilines is 1. The average Bonchev–Trinajstić information content (AvgIpc) is 2.27. The zero-order valence-electron chi connectivity index (χ0n) is 8.48. The molecule has 0 saturated carbocycles. The van der Waals surface area contributed by atoms with E-state index < -0.39 is 0 Å². The van der Waals surface area contributed by atoms with Gasteiger partial charge in [-0.2, -0.15) is 4.36 Å². The standard InChI is InChI=1S/C10H10N4S/c1-5-7(11)8(14-15)6(2)10-9(5)12-3-4-13-10/h3-4H,11H2,1-2H3. The van der Waals surface area contributed by atoms with E-state index in [0.29, 0.717) is 11.4 Å². The highest BCUT2D eigenvalue weighted by Gasteiger charge is 2.13. The minimum absolute atomic E-state index is 0.593. The molecular formula is C10H10N4S. The molecular weight excluding hydrogens is 208 g/mol. The molecule has 0 amide bonds. The summed E-state index contributed by atoms with van der Waals surface area (Å²) in [6, 6.07) is 0. The minimum atomic E-state index is 0.593. The molecule has 4 nitrogen and oxygen atoms in total. The first kappa shape index (κ1) is 9.92. The Balaban J connectivity index is 3.02. The maximum absolute atomic E-state index is 5.93. The second kappa shape index (κ2) is 3.51. The predicted octanol–water partition coefficient (Wildman–Crippen LogP) is 2.19. The van der Waals surface area contributed by atoms with Crippen LogP contribution >= 0.6 is 0 Å². The Kier molecular flexibility index (Phi) is 2.32. The summed E-state index contributed by atoms with van der Waals surface area (Å²) < 4.78 is 3.77. The third kappa shape index (κ3) is 1.35. The molecule has 2 aromatic rings. The van der Waals surface area contributed by atoms with Gasteiger partial charge in [0.1, 0.15) is 5.69 Å². The van der Waals surface area contributed by atoms with Crippen LogP contribution in [-0.2, 0) is 12.4 Å². The number of nitrogens with two attached hydrogens (primary N) is 1. The van der Waals surface area contributed by atoms with E-state index in [1.807, 2.05) is 13.8 Å². The molecule has 0 atom stereocenters. The lowest BCUT2D eigenvalue weighted by Crippen LogP contribution is -1.97. The van der Waals surface area contributed by atoms with Crippen molar-refractivity contribution >= 4 is 34.8 Å². The second-order valence-corrected chi connectivity index (χ2v) is 3.54. The van der Waals surface area contributed by atoms with Crippen molar-refractivity contribution in [2.24, 2.45) is 4.36 Å². The molecule has 1 heterocycles. The normalized spacial score (nSPS) is 10.5. The van der Waals surface area contributed by atoms with Crippen molar-refractivity contribution in [1.82, 2.24) is 9.97 Å². The van der Waals surface area contributed by atoms with Gasteiger partial charge in [-0.3, -0.25) is 9.97 Å². The molecule has 0 aliphatic rings. The Morgan fingerprint density at radius 3 is 2.20 bits per heavy atom. The number of hydrogen-bond donors (Lipinski definition) is 1. The van der Waals surface area contributed by atoms with E-state index in [2.05, 4.69) is 14.3 Å². The largest absolute Gasteiger partial charge is 0.397 e. The van der Waals surface area contributed by atoms with E-state index in [-0.39, 0.29) is 0 Å². The van der Waals surface area contributed by atoms with Crippen LogP contribution in [0.4, 0.5) is 11.4 Å². The van der Waals surface area contributed by atoms with Crippen LogP contribution < -0.4 is 5.73 Å². The van der Waals surface area contributed by atoms with E-state index in [9.17, 15) is 0 Å². The summed E-state index contributed by atoms with van der Waals surface area (Å²) in [5.41, 5.74) is 10.6. The zero-order chi connectivity index (χ0) is 11.0. The number of hydrogen-bond acceptors (Lipinski definition) is 5. The highest BCUT2D eigenvalue weighted by Crippen LogP contribution is 2.35. The van der Waals surface area contributed by atoms with Gasteiger partial charge in [-0.25, -0.2) is 0 Å². The molecule has 0 bridgehead atoms. The number of aromatic nitrogens is 2. The van der Waals surface area contributed by atoms with Crippen molar-refractivity contribution in [3.8, 4) is 0 Å². The van der Waals surface area contributed by atoms with Crippen LogP contribution in [0.2, 0.25) is 0 Å². The average molecular weight is 218 g/mol. The molecule has 0 radical (unpaired) electrons. The summed E-state index contributed by atoms with van der Waals surface area (Å²) in [6.45, 7) is 3.80. The lowest BCUT2D eigenvalue weighted by atomic mass is 10.1. The third-order valence-corrected chi connectivity index (χ3v) is 2.70. The van der Waals surface area contributed by atoms with E-state index >= 15 is 0 Å². The van der Waals surface area contributed by atoms with E-state index in [0.717, 1.165) is 22.2 Å². The summed E-state index contributed by atoms with van der Waals surface area (Å²) in [5.74, 6) is 0. The minimum Gasteiger partial charge on any atom is -0.397 e. The van der Waals surface area contributed by atoms with Crippen LogP contribution in [0.1, 0.15) is 11.1 Å². The fraction of sp³-hybridized carbons (Fsp3) is 0.200. The van der Waals surface area contributed by atoms with Crippen LogP contribution in [0, 0.1) is 13.8 Å². The fourth-order valence-electron chi connectivity index (χ4n) is 1.62. The van der Waals surface area contributed by atoms with Gasteiger partial charge in [-0.1, -0.05) is 0 Å². The fourth-order valence-corrected chi connectivity index (χ4v) is 1.86. The van der Waals surface area contributed by atoms with Crippen molar-refractivity contribution in [2.45, 2.75) is 13.8 Å². The number of rotatable bonds is 1. The first-order valence-corrected chi connectivity index (χ1v) is 4.86. The van der Waals surface area contributed by atoms with Crippen molar-refractivity contribution in [2.75, 3.05) is 5.73 Å². The van der Waals surface area contributed by atoms with E-state index in [1.165, 1.54) is 0 Å². The predicted molar refractivity (Wildman–Crippen MR) is 62.9 cm³/mol. The quantitative estimate of drug-likeness (QED) is 0.745. The van der Waals surface area contributed by atoms with Crippen molar-refractivity contribution in [3.05, 3.63) is 23.5 Å². The number of benzene rings is 1. The molecule has 2 N–H and O–H groups in total. The first-order chi connectivity index (χ1) is 7.16. The topological polar surface area (TPSA) is 64.2 Å². The molecule has 0 aliphatic heterocycles. The third-order valence-electron chi connectivity index (χ3n) is 2.51. The molecule has 2 rings (SSSR count). The number of nitrogen functional groups attached to an aromatic ring is 1. The van der Waals surface area contributed by atoms with Gasteiger partial charge in [0, 0.05) is 35.9 Å². The Hall–Kier alpha value is -1.62. The molecule has 1 aromatic carbocycles. The van der Waals surface area contributed by atoms with Crippen molar-refractivity contribution in [1.29, 1.82) is 0 Å². The number of nitrogens with zero attached hydrogens (tertiary/aromatic N) is 3. The summed E-state index contributed by atoms with van der Waals surface area (Å²) in [7, 11) is 0. The van der Waals surface area contributed by atoms with Crippen molar-refractivity contribution < 1.29 is 0 Å². The lowest BCUT2D eigenvalue weighted by Gasteiger charge is -2.10. The van der Waals surface area contributed by atoms with E-state index in [4.69, 9.17) is 18.2 Å². The molecule has 0 saturated heterocycles. The Morgan fingerprint density at radius 2 is 1.67 bits per heavy atom. The van der Waals surface area contributed by atoms with Crippen LogP contribution in [0.5, 0.6) is 0 Å². The van der Waals surface area contributed by atoms with Crippen LogP contribution in [-0.4, -0.2) is 9.97 Å². The highest BCUT2D eigenvalue weighted by atomic mass is 32.1. The van der Waals surface area contributed by atoms with Gasteiger partial charge in [0.2, 0.25) is 0 Å². The molecule has 0 fully saturated rings. The van der Waals surface area contributed by atoms with E-state index in [1.54, 1.807) is 12.4 Å². The van der Waals surface area contributed by atoms with Crippen LogP contribution in [0.25, 0.3) is 11.0 Å². The molecule has 1 aromatic heterocycles. The maximum atomic E-state index is 5.93.